The minimum absolute atomic E-state index is 0.0478. The van der Waals surface area contributed by atoms with E-state index < -0.39 is 20.0 Å². The number of amides is 1. The van der Waals surface area contributed by atoms with Crippen LogP contribution in [0.1, 0.15) is 129 Å². The van der Waals surface area contributed by atoms with Crippen molar-refractivity contribution in [3.05, 3.63) is 60.8 Å². The summed E-state index contributed by atoms with van der Waals surface area (Å²) in [5, 5.41) is 13.7. The molecular formula is C39H72N2O6P+. The van der Waals surface area contributed by atoms with Crippen LogP contribution in [0.4, 0.5) is 0 Å². The molecule has 3 atom stereocenters. The summed E-state index contributed by atoms with van der Waals surface area (Å²) < 4.78 is 23.4. The quantitative estimate of drug-likeness (QED) is 0.0280. The van der Waals surface area contributed by atoms with Crippen LogP contribution in [0.5, 0.6) is 0 Å². The van der Waals surface area contributed by atoms with Crippen LogP contribution < -0.4 is 5.32 Å². The maximum absolute atomic E-state index is 12.8. The molecule has 9 heteroatoms. The summed E-state index contributed by atoms with van der Waals surface area (Å²) in [5.41, 5.74) is 0. The molecule has 0 heterocycles. The van der Waals surface area contributed by atoms with E-state index in [0.29, 0.717) is 17.4 Å². The van der Waals surface area contributed by atoms with Crippen molar-refractivity contribution in [2.45, 2.75) is 142 Å². The number of aliphatic hydroxyl groups excluding tert-OH is 1. The Bertz CT molecular complexity index is 970. The van der Waals surface area contributed by atoms with Gasteiger partial charge in [-0.2, -0.15) is 0 Å². The van der Waals surface area contributed by atoms with Crippen LogP contribution in [-0.4, -0.2) is 73.4 Å². The van der Waals surface area contributed by atoms with E-state index in [2.05, 4.69) is 67.8 Å². The summed E-state index contributed by atoms with van der Waals surface area (Å²) in [6.07, 6.45) is 38.6. The predicted octanol–water partition coefficient (Wildman–Crippen LogP) is 9.51. The zero-order valence-corrected chi connectivity index (χ0v) is 32.1. The first-order valence-electron chi connectivity index (χ1n) is 18.7. The Hall–Kier alpha value is -1.80. The van der Waals surface area contributed by atoms with E-state index in [0.717, 1.165) is 83.5 Å². The molecule has 278 valence electrons. The monoisotopic (exact) mass is 696 g/mol. The van der Waals surface area contributed by atoms with Crippen molar-refractivity contribution in [2.75, 3.05) is 40.9 Å². The van der Waals surface area contributed by atoms with E-state index in [1.165, 1.54) is 25.7 Å². The number of phosphoric acid groups is 1. The number of likely N-dealkylation sites (N-methyl/N-ethyl adjacent to an activating group) is 1. The number of hydrogen-bond donors (Lipinski definition) is 3. The SMILES string of the molecule is CCC/C=C\C/C=C\CCCCCCCC(=O)NC(COP(=O)(O)OCC[N+](C)(C)C)C(O)/C=C/CC/C=C/CC/C=C/CCCCC. The zero-order valence-electron chi connectivity index (χ0n) is 31.2. The van der Waals surface area contributed by atoms with Gasteiger partial charge in [-0.3, -0.25) is 13.8 Å². The highest BCUT2D eigenvalue weighted by Crippen LogP contribution is 2.43. The van der Waals surface area contributed by atoms with Crippen molar-refractivity contribution in [3.8, 4) is 0 Å². The van der Waals surface area contributed by atoms with E-state index >= 15 is 0 Å². The Morgan fingerprint density at radius 3 is 1.88 bits per heavy atom. The van der Waals surface area contributed by atoms with Crippen LogP contribution in [0.15, 0.2) is 60.8 Å². The van der Waals surface area contributed by atoms with Crippen molar-refractivity contribution in [3.63, 3.8) is 0 Å². The Kier molecular flexibility index (Phi) is 30.0. The van der Waals surface area contributed by atoms with Crippen LogP contribution >= 0.6 is 7.82 Å². The summed E-state index contributed by atoms with van der Waals surface area (Å²) >= 11 is 0. The third kappa shape index (κ3) is 32.7. The molecule has 0 rings (SSSR count). The van der Waals surface area contributed by atoms with Gasteiger partial charge < -0.3 is 19.8 Å². The molecule has 0 spiro atoms. The number of nitrogens with one attached hydrogen (secondary N) is 1. The summed E-state index contributed by atoms with van der Waals surface area (Å²) in [6, 6.07) is -0.875. The summed E-state index contributed by atoms with van der Waals surface area (Å²) in [7, 11) is 1.52. The van der Waals surface area contributed by atoms with Gasteiger partial charge in [0.1, 0.15) is 13.2 Å². The first-order valence-corrected chi connectivity index (χ1v) is 20.2. The van der Waals surface area contributed by atoms with Gasteiger partial charge in [-0.1, -0.05) is 113 Å². The summed E-state index contributed by atoms with van der Waals surface area (Å²) in [4.78, 5) is 22.9. The Morgan fingerprint density at radius 1 is 0.708 bits per heavy atom. The first-order chi connectivity index (χ1) is 23.0. The lowest BCUT2D eigenvalue weighted by Crippen LogP contribution is -2.45. The van der Waals surface area contributed by atoms with E-state index in [4.69, 9.17) is 9.05 Å². The Labute approximate surface area is 294 Å². The molecule has 0 fully saturated rings. The summed E-state index contributed by atoms with van der Waals surface area (Å²) in [6.45, 7) is 4.63. The molecule has 0 aromatic carbocycles. The van der Waals surface area contributed by atoms with Crippen LogP contribution in [0.25, 0.3) is 0 Å². The van der Waals surface area contributed by atoms with Gasteiger partial charge >= 0.3 is 7.82 Å². The molecule has 3 unspecified atom stereocenters. The minimum atomic E-state index is -4.35. The smallest absolute Gasteiger partial charge is 0.387 e. The normalized spacial score (nSPS) is 15.4. The maximum atomic E-state index is 12.8. The van der Waals surface area contributed by atoms with E-state index in [-0.39, 0.29) is 19.1 Å². The molecule has 0 aromatic heterocycles. The van der Waals surface area contributed by atoms with Crippen molar-refractivity contribution in [2.24, 2.45) is 0 Å². The van der Waals surface area contributed by atoms with Gasteiger partial charge in [0.2, 0.25) is 5.91 Å². The van der Waals surface area contributed by atoms with Crippen LogP contribution in [-0.2, 0) is 18.4 Å². The number of nitrogens with zero attached hydrogens (tertiary/aromatic N) is 1. The molecule has 0 bridgehead atoms. The zero-order chi connectivity index (χ0) is 35.8. The lowest BCUT2D eigenvalue weighted by Gasteiger charge is -2.25. The van der Waals surface area contributed by atoms with Gasteiger partial charge in [-0.15, -0.1) is 0 Å². The van der Waals surface area contributed by atoms with Crippen molar-refractivity contribution in [1.29, 1.82) is 0 Å². The third-order valence-electron chi connectivity index (χ3n) is 7.67. The molecule has 3 N–H and O–H groups in total. The second-order valence-electron chi connectivity index (χ2n) is 13.6. The maximum Gasteiger partial charge on any atom is 0.472 e. The standard InChI is InChI=1S/C39H71N2O6P/c1-6-8-10-12-14-16-18-20-22-24-26-28-30-32-38(42)37(36-47-48(44,45)46-35-34-41(3,4)5)40-39(43)33-31-29-27-25-23-21-19-17-15-13-11-9-7-2/h11,13-14,16-17,19,22,24,30,32,37-38,42H,6-10,12,15,18,20-21,23,25-29,31,33-36H2,1-5H3,(H-,40,43,44,45)/p+1/b13-11-,16-14+,19-17-,24-22+,32-30+. The fourth-order valence-electron chi connectivity index (χ4n) is 4.64. The summed E-state index contributed by atoms with van der Waals surface area (Å²) in [5.74, 6) is -0.212. The fraction of sp³-hybridized carbons (Fsp3) is 0.718. The van der Waals surface area contributed by atoms with E-state index in [1.807, 2.05) is 27.2 Å². The van der Waals surface area contributed by atoms with E-state index in [1.54, 1.807) is 6.08 Å². The largest absolute Gasteiger partial charge is 0.472 e. The van der Waals surface area contributed by atoms with Crippen molar-refractivity contribution in [1.82, 2.24) is 5.32 Å². The minimum Gasteiger partial charge on any atom is -0.387 e. The van der Waals surface area contributed by atoms with Crippen molar-refractivity contribution >= 4 is 13.7 Å². The topological polar surface area (TPSA) is 105 Å². The molecule has 8 nitrogen and oxygen atoms in total. The van der Waals surface area contributed by atoms with Gasteiger partial charge in [0.15, 0.2) is 0 Å². The van der Waals surface area contributed by atoms with Crippen LogP contribution in [0, 0.1) is 0 Å². The van der Waals surface area contributed by atoms with Gasteiger partial charge in [0.25, 0.3) is 0 Å². The van der Waals surface area contributed by atoms with Gasteiger partial charge in [-0.05, 0) is 70.6 Å². The molecule has 48 heavy (non-hydrogen) atoms. The first kappa shape index (κ1) is 46.2. The number of carbonyl (C=O) groups excluding carboxylic acids is 1. The van der Waals surface area contributed by atoms with Crippen LogP contribution in [0.3, 0.4) is 0 Å². The van der Waals surface area contributed by atoms with Gasteiger partial charge in [0.05, 0.1) is 39.9 Å². The molecule has 0 aliphatic carbocycles. The lowest BCUT2D eigenvalue weighted by atomic mass is 10.1. The molecule has 0 saturated carbocycles. The third-order valence-corrected chi connectivity index (χ3v) is 8.65. The molecule has 0 aliphatic heterocycles. The average Bonchev–Trinajstić information content (AvgIpc) is 3.02. The Balaban J connectivity index is 4.68. The number of aliphatic hydroxyl groups is 1. The lowest BCUT2D eigenvalue weighted by molar-refractivity contribution is -0.870. The van der Waals surface area contributed by atoms with Gasteiger partial charge in [-0.25, -0.2) is 4.57 Å². The highest BCUT2D eigenvalue weighted by atomic mass is 31.2. The number of rotatable bonds is 32. The molecule has 0 aliphatic rings. The number of hydrogen-bond acceptors (Lipinski definition) is 5. The number of allylic oxidation sites excluding steroid dienone is 9. The number of phosphoric ester groups is 1. The number of unbranched alkanes of at least 4 members (excludes halogenated alkanes) is 11. The Morgan fingerprint density at radius 2 is 1.25 bits per heavy atom. The van der Waals surface area contributed by atoms with Gasteiger partial charge in [0, 0.05) is 6.42 Å². The predicted molar refractivity (Wildman–Crippen MR) is 203 cm³/mol. The second kappa shape index (κ2) is 31.2. The average molecular weight is 696 g/mol. The molecule has 0 saturated heterocycles. The fourth-order valence-corrected chi connectivity index (χ4v) is 5.37. The second-order valence-corrected chi connectivity index (χ2v) is 15.0. The van der Waals surface area contributed by atoms with Crippen molar-refractivity contribution < 1.29 is 32.9 Å². The molecule has 0 aromatic rings. The van der Waals surface area contributed by atoms with E-state index in [9.17, 15) is 19.4 Å². The molecular weight excluding hydrogens is 623 g/mol. The molecule has 1 amide bonds. The van der Waals surface area contributed by atoms with Crippen LogP contribution in [0.2, 0.25) is 0 Å². The number of quaternary nitrogens is 1. The highest BCUT2D eigenvalue weighted by molar-refractivity contribution is 7.47. The highest BCUT2D eigenvalue weighted by Gasteiger charge is 2.27. The molecule has 0 radical (unpaired) electrons. The number of carbonyl (C=O) groups is 1.